The van der Waals surface area contributed by atoms with Crippen molar-refractivity contribution in [2.45, 2.75) is 38.2 Å². The van der Waals surface area contributed by atoms with Crippen molar-refractivity contribution in [1.29, 1.82) is 0 Å². The molecule has 0 aliphatic heterocycles. The number of pyridine rings is 1. The molecule has 1 N–H and O–H groups in total. The normalized spacial score (nSPS) is 28.4. The van der Waals surface area contributed by atoms with Crippen molar-refractivity contribution < 1.29 is 5.11 Å². The summed E-state index contributed by atoms with van der Waals surface area (Å²) in [7, 11) is 0. The maximum absolute atomic E-state index is 10.9. The predicted octanol–water partition coefficient (Wildman–Crippen LogP) is 3.63. The molecule has 0 saturated heterocycles. The lowest BCUT2D eigenvalue weighted by atomic mass is 9.75. The highest BCUT2D eigenvalue weighted by atomic mass is 16.3. The summed E-state index contributed by atoms with van der Waals surface area (Å²) in [6.07, 6.45) is 5.70. The van der Waals surface area contributed by atoms with E-state index in [1.165, 1.54) is 0 Å². The Morgan fingerprint density at radius 2 is 1.89 bits per heavy atom. The molecule has 1 aliphatic carbocycles. The second-order valence-corrected chi connectivity index (χ2v) is 5.59. The molecule has 0 spiro atoms. The lowest BCUT2D eigenvalue weighted by Crippen LogP contribution is -2.31. The molecule has 0 atom stereocenters. The Hall–Kier alpha value is -1.41. The summed E-state index contributed by atoms with van der Waals surface area (Å²) in [5.41, 5.74) is 1.28. The zero-order valence-electron chi connectivity index (χ0n) is 10.8. The summed E-state index contributed by atoms with van der Waals surface area (Å²) in [5.74, 6) is 0.730. The molecule has 2 nitrogen and oxygen atoms in total. The summed E-state index contributed by atoms with van der Waals surface area (Å²) in [6, 6.07) is 10.1. The fraction of sp³-hybridized carbons (Fsp3) is 0.438. The van der Waals surface area contributed by atoms with E-state index < -0.39 is 5.60 Å². The number of rotatable bonds is 1. The molecule has 1 aromatic carbocycles. The Kier molecular flexibility index (Phi) is 2.83. The van der Waals surface area contributed by atoms with Gasteiger partial charge in [-0.25, -0.2) is 0 Å². The zero-order valence-corrected chi connectivity index (χ0v) is 10.8. The first-order chi connectivity index (χ1) is 8.69. The van der Waals surface area contributed by atoms with Gasteiger partial charge < -0.3 is 5.11 Å². The number of benzene rings is 1. The van der Waals surface area contributed by atoms with Gasteiger partial charge in [-0.05, 0) is 37.7 Å². The lowest BCUT2D eigenvalue weighted by molar-refractivity contribution is -0.0108. The van der Waals surface area contributed by atoms with Crippen LogP contribution in [0, 0.1) is 5.92 Å². The first-order valence-corrected chi connectivity index (χ1v) is 6.76. The zero-order chi connectivity index (χ0) is 12.6. The maximum Gasteiger partial charge on any atom is 0.0917 e. The van der Waals surface area contributed by atoms with Gasteiger partial charge in [-0.15, -0.1) is 0 Å². The number of aliphatic hydroxyl groups is 1. The Morgan fingerprint density at radius 1 is 1.17 bits per heavy atom. The van der Waals surface area contributed by atoms with E-state index in [0.717, 1.165) is 48.1 Å². The molecule has 1 saturated carbocycles. The van der Waals surface area contributed by atoms with Gasteiger partial charge in [0.2, 0.25) is 0 Å². The molecule has 18 heavy (non-hydrogen) atoms. The molecule has 1 heterocycles. The van der Waals surface area contributed by atoms with E-state index in [9.17, 15) is 5.11 Å². The van der Waals surface area contributed by atoms with Crippen LogP contribution in [0.25, 0.3) is 10.9 Å². The number of nitrogens with zero attached hydrogens (tertiary/aromatic N) is 1. The van der Waals surface area contributed by atoms with E-state index in [1.807, 2.05) is 18.2 Å². The number of hydrogen-bond acceptors (Lipinski definition) is 2. The van der Waals surface area contributed by atoms with Crippen molar-refractivity contribution in [3.63, 3.8) is 0 Å². The van der Waals surface area contributed by atoms with Gasteiger partial charge in [0.25, 0.3) is 0 Å². The molecular formula is C16H19NO. The SMILES string of the molecule is CC1CCC(O)(c2cccc3cccnc23)CC1. The number of aromatic nitrogens is 1. The van der Waals surface area contributed by atoms with Crippen LogP contribution in [-0.4, -0.2) is 10.1 Å². The van der Waals surface area contributed by atoms with Crippen LogP contribution in [0.5, 0.6) is 0 Å². The number of hydrogen-bond donors (Lipinski definition) is 1. The van der Waals surface area contributed by atoms with Crippen molar-refractivity contribution >= 4 is 10.9 Å². The highest BCUT2D eigenvalue weighted by Crippen LogP contribution is 2.41. The van der Waals surface area contributed by atoms with Crippen molar-refractivity contribution in [1.82, 2.24) is 4.98 Å². The van der Waals surface area contributed by atoms with E-state index in [0.29, 0.717) is 0 Å². The van der Waals surface area contributed by atoms with Crippen LogP contribution in [0.15, 0.2) is 36.5 Å². The second kappa shape index (κ2) is 4.36. The molecule has 3 rings (SSSR count). The van der Waals surface area contributed by atoms with Crippen molar-refractivity contribution in [3.05, 3.63) is 42.1 Å². The van der Waals surface area contributed by atoms with Crippen LogP contribution in [0.4, 0.5) is 0 Å². The number of fused-ring (bicyclic) bond motifs is 1. The molecule has 2 heteroatoms. The van der Waals surface area contributed by atoms with Crippen LogP contribution in [0.3, 0.4) is 0 Å². The average Bonchev–Trinajstić information content (AvgIpc) is 2.42. The first kappa shape index (κ1) is 11.7. The quantitative estimate of drug-likeness (QED) is 0.827. The molecule has 1 aliphatic rings. The van der Waals surface area contributed by atoms with Crippen molar-refractivity contribution in [2.75, 3.05) is 0 Å². The van der Waals surface area contributed by atoms with Gasteiger partial charge in [0.05, 0.1) is 11.1 Å². The van der Waals surface area contributed by atoms with Crippen LogP contribution in [-0.2, 0) is 5.60 Å². The molecule has 1 aromatic heterocycles. The first-order valence-electron chi connectivity index (χ1n) is 6.76. The Bertz CT molecular complexity index is 551. The third kappa shape index (κ3) is 1.91. The molecule has 0 unspecified atom stereocenters. The third-order valence-corrected chi connectivity index (χ3v) is 4.24. The molecule has 0 radical (unpaired) electrons. The van der Waals surface area contributed by atoms with E-state index in [2.05, 4.69) is 24.0 Å². The van der Waals surface area contributed by atoms with E-state index in [1.54, 1.807) is 6.20 Å². The molecule has 2 aromatic rings. The largest absolute Gasteiger partial charge is 0.385 e. The van der Waals surface area contributed by atoms with Gasteiger partial charge in [-0.1, -0.05) is 31.2 Å². The predicted molar refractivity (Wildman–Crippen MR) is 73.3 cm³/mol. The summed E-state index contributed by atoms with van der Waals surface area (Å²) in [5, 5.41) is 12.0. The van der Waals surface area contributed by atoms with Crippen LogP contribution >= 0.6 is 0 Å². The summed E-state index contributed by atoms with van der Waals surface area (Å²) in [6.45, 7) is 2.26. The Morgan fingerprint density at radius 3 is 2.67 bits per heavy atom. The standard InChI is InChI=1S/C16H19NO/c1-12-7-9-16(18,10-8-12)14-6-2-4-13-5-3-11-17-15(13)14/h2-6,11-12,18H,7-10H2,1H3. The maximum atomic E-state index is 10.9. The summed E-state index contributed by atoms with van der Waals surface area (Å²) in [4.78, 5) is 4.46. The molecule has 1 fully saturated rings. The second-order valence-electron chi connectivity index (χ2n) is 5.59. The monoisotopic (exact) mass is 241 g/mol. The highest BCUT2D eigenvalue weighted by molar-refractivity contribution is 5.82. The van der Waals surface area contributed by atoms with Crippen LogP contribution in [0.1, 0.15) is 38.2 Å². The fourth-order valence-electron chi connectivity index (χ4n) is 2.99. The van der Waals surface area contributed by atoms with Gasteiger partial charge in [0.15, 0.2) is 0 Å². The molecule has 94 valence electrons. The lowest BCUT2D eigenvalue weighted by Gasteiger charge is -2.35. The van der Waals surface area contributed by atoms with Gasteiger partial charge in [-0.3, -0.25) is 4.98 Å². The van der Waals surface area contributed by atoms with Gasteiger partial charge in [0.1, 0.15) is 0 Å². The minimum Gasteiger partial charge on any atom is -0.385 e. The summed E-state index contributed by atoms with van der Waals surface area (Å²) < 4.78 is 0. The third-order valence-electron chi connectivity index (χ3n) is 4.24. The topological polar surface area (TPSA) is 33.1 Å². The van der Waals surface area contributed by atoms with E-state index >= 15 is 0 Å². The highest BCUT2D eigenvalue weighted by Gasteiger charge is 2.34. The van der Waals surface area contributed by atoms with E-state index in [-0.39, 0.29) is 0 Å². The molecular weight excluding hydrogens is 222 g/mol. The summed E-state index contributed by atoms with van der Waals surface area (Å²) >= 11 is 0. The van der Waals surface area contributed by atoms with Crippen molar-refractivity contribution in [3.8, 4) is 0 Å². The Balaban J connectivity index is 2.08. The fourth-order valence-corrected chi connectivity index (χ4v) is 2.99. The van der Waals surface area contributed by atoms with Gasteiger partial charge in [0, 0.05) is 17.1 Å². The smallest absolute Gasteiger partial charge is 0.0917 e. The van der Waals surface area contributed by atoms with Crippen LogP contribution < -0.4 is 0 Å². The minimum atomic E-state index is -0.680. The van der Waals surface area contributed by atoms with Crippen molar-refractivity contribution in [2.24, 2.45) is 5.92 Å². The van der Waals surface area contributed by atoms with Gasteiger partial charge >= 0.3 is 0 Å². The Labute approximate surface area is 108 Å². The van der Waals surface area contributed by atoms with Crippen LogP contribution in [0.2, 0.25) is 0 Å². The molecule has 0 bridgehead atoms. The van der Waals surface area contributed by atoms with Gasteiger partial charge in [-0.2, -0.15) is 0 Å². The molecule has 0 amide bonds. The van der Waals surface area contributed by atoms with E-state index in [4.69, 9.17) is 0 Å². The minimum absolute atomic E-state index is 0.680. The average molecular weight is 241 g/mol. The number of para-hydroxylation sites is 1.